The molecule has 1 heterocycles. The third kappa shape index (κ3) is 5.00. The monoisotopic (exact) mass is 371 g/mol. The Morgan fingerprint density at radius 2 is 1.81 bits per heavy atom. The van der Waals surface area contributed by atoms with E-state index in [1.165, 1.54) is 11.8 Å². The summed E-state index contributed by atoms with van der Waals surface area (Å²) in [6, 6.07) is 15.2. The van der Waals surface area contributed by atoms with Crippen LogP contribution in [0.15, 0.2) is 53.6 Å². The Hall–Kier alpha value is -2.51. The molecule has 1 aliphatic heterocycles. The van der Waals surface area contributed by atoms with Crippen LogP contribution in [-0.4, -0.2) is 42.4 Å². The minimum absolute atomic E-state index is 0.128. The number of benzene rings is 2. The summed E-state index contributed by atoms with van der Waals surface area (Å²) in [4.78, 5) is 4.63. The zero-order valence-electron chi connectivity index (χ0n) is 14.4. The normalized spacial score (nSPS) is 15.3. The van der Waals surface area contributed by atoms with Gasteiger partial charge in [0.25, 0.3) is 0 Å². The Morgan fingerprint density at radius 3 is 2.46 bits per heavy atom. The van der Waals surface area contributed by atoms with E-state index in [4.69, 9.17) is 18.0 Å². The average Bonchev–Trinajstić information content (AvgIpc) is 2.65. The van der Waals surface area contributed by atoms with Gasteiger partial charge < -0.3 is 10.6 Å². The van der Waals surface area contributed by atoms with Crippen LogP contribution in [0.4, 0.5) is 10.1 Å². The summed E-state index contributed by atoms with van der Waals surface area (Å²) in [6.07, 6.45) is 1.68. The zero-order chi connectivity index (χ0) is 18.4. The first kappa shape index (κ1) is 18.3. The number of hydrogen-bond donors (Lipinski definition) is 2. The first-order chi connectivity index (χ1) is 12.6. The van der Waals surface area contributed by atoms with Crippen molar-refractivity contribution in [2.45, 2.75) is 6.54 Å². The number of nitrogens with one attached hydrogen (secondary N) is 1. The highest BCUT2D eigenvalue weighted by atomic mass is 32.1. The molecule has 0 unspecified atom stereocenters. The fourth-order valence-electron chi connectivity index (χ4n) is 2.97. The van der Waals surface area contributed by atoms with Crippen LogP contribution in [0.25, 0.3) is 0 Å². The summed E-state index contributed by atoms with van der Waals surface area (Å²) >= 11 is 4.70. The summed E-state index contributed by atoms with van der Waals surface area (Å²) < 4.78 is 13.8. The number of anilines is 1. The molecule has 1 fully saturated rings. The van der Waals surface area contributed by atoms with Gasteiger partial charge in [-0.15, -0.1) is 0 Å². The van der Waals surface area contributed by atoms with E-state index in [1.807, 2.05) is 24.3 Å². The first-order valence-electron chi connectivity index (χ1n) is 8.51. The van der Waals surface area contributed by atoms with Crippen LogP contribution >= 0.6 is 12.2 Å². The number of nitrogens with zero attached hydrogens (tertiary/aromatic N) is 3. The van der Waals surface area contributed by atoms with E-state index in [9.17, 15) is 4.39 Å². The van der Waals surface area contributed by atoms with Crippen molar-refractivity contribution in [1.29, 1.82) is 0 Å². The number of hydrogen-bond acceptors (Lipinski definition) is 4. The molecular formula is C19H22FN5S. The predicted octanol–water partition coefficient (Wildman–Crippen LogP) is 2.32. The van der Waals surface area contributed by atoms with Crippen LogP contribution in [0.2, 0.25) is 0 Å². The fourth-order valence-corrected chi connectivity index (χ4v) is 3.03. The van der Waals surface area contributed by atoms with E-state index in [2.05, 4.69) is 32.5 Å². The highest BCUT2D eigenvalue weighted by molar-refractivity contribution is 7.80. The average molecular weight is 371 g/mol. The van der Waals surface area contributed by atoms with Gasteiger partial charge in [0, 0.05) is 44.0 Å². The molecule has 0 bridgehead atoms. The number of nitrogens with two attached hydrogens (primary N) is 1. The van der Waals surface area contributed by atoms with Crippen LogP contribution < -0.4 is 16.1 Å². The molecule has 5 nitrogen and oxygen atoms in total. The lowest BCUT2D eigenvalue weighted by molar-refractivity contribution is 0.246. The maximum atomic E-state index is 13.8. The topological polar surface area (TPSA) is 56.9 Å². The van der Waals surface area contributed by atoms with Gasteiger partial charge >= 0.3 is 0 Å². The smallest absolute Gasteiger partial charge is 0.184 e. The van der Waals surface area contributed by atoms with Crippen LogP contribution in [0.5, 0.6) is 0 Å². The molecular weight excluding hydrogens is 349 g/mol. The highest BCUT2D eigenvalue weighted by Crippen LogP contribution is 2.18. The maximum Gasteiger partial charge on any atom is 0.184 e. The lowest BCUT2D eigenvalue weighted by Gasteiger charge is -2.36. The second-order valence-electron chi connectivity index (χ2n) is 6.18. The number of hydrazone groups is 1. The van der Waals surface area contributed by atoms with Gasteiger partial charge in [0.05, 0.1) is 6.21 Å². The van der Waals surface area contributed by atoms with Crippen molar-refractivity contribution in [2.75, 3.05) is 31.1 Å². The van der Waals surface area contributed by atoms with Crippen molar-refractivity contribution >= 4 is 29.2 Å². The van der Waals surface area contributed by atoms with Crippen molar-refractivity contribution in [1.82, 2.24) is 10.3 Å². The number of rotatable bonds is 5. The Balaban J connectivity index is 1.52. The second-order valence-corrected chi connectivity index (χ2v) is 6.62. The summed E-state index contributed by atoms with van der Waals surface area (Å²) in [5.74, 6) is -0.128. The molecule has 0 atom stereocenters. The largest absolute Gasteiger partial charge is 0.375 e. The Kier molecular flexibility index (Phi) is 6.14. The Bertz CT molecular complexity index is 770. The molecule has 136 valence electrons. The second kappa shape index (κ2) is 8.73. The van der Waals surface area contributed by atoms with E-state index in [0.29, 0.717) is 6.54 Å². The molecule has 0 amide bonds. The van der Waals surface area contributed by atoms with Crippen molar-refractivity contribution in [3.8, 4) is 0 Å². The maximum absolute atomic E-state index is 13.8. The standard InChI is InChI=1S/C19H22FN5S/c20-18-4-2-1-3-16(18)14-24-9-11-25(12-10-24)17-7-5-15(6-8-17)13-22-23-19(21)26/h1-8,13H,9-12,14H2,(H3,21,23,26)/b22-13+. The summed E-state index contributed by atoms with van der Waals surface area (Å²) in [6.45, 7) is 4.33. The van der Waals surface area contributed by atoms with Gasteiger partial charge in [-0.1, -0.05) is 30.3 Å². The molecule has 0 saturated carbocycles. The third-order valence-electron chi connectivity index (χ3n) is 4.37. The minimum Gasteiger partial charge on any atom is -0.375 e. The molecule has 3 N–H and O–H groups in total. The Labute approximate surface area is 158 Å². The molecule has 0 radical (unpaired) electrons. The van der Waals surface area contributed by atoms with Crippen molar-refractivity contribution in [2.24, 2.45) is 10.8 Å². The molecule has 1 aliphatic rings. The van der Waals surface area contributed by atoms with E-state index in [-0.39, 0.29) is 10.9 Å². The molecule has 2 aromatic rings. The van der Waals surface area contributed by atoms with E-state index in [1.54, 1.807) is 12.3 Å². The lowest BCUT2D eigenvalue weighted by atomic mass is 10.1. The van der Waals surface area contributed by atoms with E-state index < -0.39 is 0 Å². The quantitative estimate of drug-likeness (QED) is 0.480. The zero-order valence-corrected chi connectivity index (χ0v) is 15.3. The van der Waals surface area contributed by atoms with Gasteiger partial charge in [-0.2, -0.15) is 5.10 Å². The van der Waals surface area contributed by atoms with E-state index in [0.717, 1.165) is 37.3 Å². The van der Waals surface area contributed by atoms with Gasteiger partial charge in [-0.3, -0.25) is 10.3 Å². The first-order valence-corrected chi connectivity index (χ1v) is 8.92. The molecule has 0 aliphatic carbocycles. The highest BCUT2D eigenvalue weighted by Gasteiger charge is 2.18. The lowest BCUT2D eigenvalue weighted by Crippen LogP contribution is -2.46. The fraction of sp³-hybridized carbons (Fsp3) is 0.263. The van der Waals surface area contributed by atoms with Crippen LogP contribution in [0.1, 0.15) is 11.1 Å². The van der Waals surface area contributed by atoms with Crippen molar-refractivity contribution < 1.29 is 4.39 Å². The van der Waals surface area contributed by atoms with Gasteiger partial charge in [0.15, 0.2) is 5.11 Å². The molecule has 3 rings (SSSR count). The molecule has 7 heteroatoms. The SMILES string of the molecule is NC(=S)N/N=C/c1ccc(N2CCN(Cc3ccccc3F)CC2)cc1. The molecule has 0 spiro atoms. The minimum atomic E-state index is -0.128. The molecule has 1 saturated heterocycles. The number of thiocarbonyl (C=S) groups is 1. The van der Waals surface area contributed by atoms with Gasteiger partial charge in [0.2, 0.25) is 0 Å². The van der Waals surface area contributed by atoms with Gasteiger partial charge in [0.1, 0.15) is 5.82 Å². The molecule has 2 aromatic carbocycles. The Morgan fingerprint density at radius 1 is 1.12 bits per heavy atom. The van der Waals surface area contributed by atoms with E-state index >= 15 is 0 Å². The van der Waals surface area contributed by atoms with Crippen LogP contribution in [0.3, 0.4) is 0 Å². The summed E-state index contributed by atoms with van der Waals surface area (Å²) in [5, 5.41) is 4.09. The molecule has 0 aromatic heterocycles. The van der Waals surface area contributed by atoms with Gasteiger partial charge in [-0.05, 0) is 36.0 Å². The van der Waals surface area contributed by atoms with Crippen LogP contribution in [-0.2, 0) is 6.54 Å². The van der Waals surface area contributed by atoms with Crippen molar-refractivity contribution in [3.05, 3.63) is 65.5 Å². The number of halogens is 1. The number of piperazine rings is 1. The third-order valence-corrected chi connectivity index (χ3v) is 4.46. The molecule has 26 heavy (non-hydrogen) atoms. The summed E-state index contributed by atoms with van der Waals surface area (Å²) in [7, 11) is 0. The van der Waals surface area contributed by atoms with Crippen LogP contribution in [0, 0.1) is 5.82 Å². The summed E-state index contributed by atoms with van der Waals surface area (Å²) in [5.41, 5.74) is 10.8. The van der Waals surface area contributed by atoms with Crippen molar-refractivity contribution in [3.63, 3.8) is 0 Å². The predicted molar refractivity (Wildman–Crippen MR) is 108 cm³/mol. The van der Waals surface area contributed by atoms with Gasteiger partial charge in [-0.25, -0.2) is 4.39 Å².